The number of nitrogens with two attached hydrogens (primary N) is 1. The second-order valence-corrected chi connectivity index (χ2v) is 4.42. The zero-order chi connectivity index (χ0) is 12.9. The Morgan fingerprint density at radius 3 is 2.82 bits per heavy atom. The highest BCUT2D eigenvalue weighted by molar-refractivity contribution is 5.85. The summed E-state index contributed by atoms with van der Waals surface area (Å²) in [7, 11) is 0. The van der Waals surface area contributed by atoms with E-state index in [1.165, 1.54) is 12.1 Å². The fourth-order valence-corrected chi connectivity index (χ4v) is 1.24. The Morgan fingerprint density at radius 2 is 2.24 bits per heavy atom. The van der Waals surface area contributed by atoms with Crippen molar-refractivity contribution in [3.8, 4) is 5.75 Å². The lowest BCUT2D eigenvalue weighted by Gasteiger charge is -2.22. The van der Waals surface area contributed by atoms with Crippen molar-refractivity contribution in [1.82, 2.24) is 0 Å². The summed E-state index contributed by atoms with van der Waals surface area (Å²) < 4.78 is 18.2. The molecule has 0 saturated heterocycles. The van der Waals surface area contributed by atoms with Gasteiger partial charge in [0, 0.05) is 11.5 Å². The minimum absolute atomic E-state index is 0.153. The van der Waals surface area contributed by atoms with Crippen LogP contribution < -0.4 is 10.5 Å². The van der Waals surface area contributed by atoms with Gasteiger partial charge in [0.1, 0.15) is 17.4 Å². The topological polar surface area (TPSA) is 67.8 Å². The first-order valence-electron chi connectivity index (χ1n) is 5.32. The van der Waals surface area contributed by atoms with E-state index in [1.54, 1.807) is 12.1 Å². The molecule has 0 heterocycles. The molecule has 5 heteroatoms. The highest BCUT2D eigenvalue weighted by Gasteiger charge is 2.23. The van der Waals surface area contributed by atoms with Gasteiger partial charge in [-0.1, -0.05) is 25.1 Å². The van der Waals surface area contributed by atoms with Crippen LogP contribution in [0.25, 0.3) is 0 Å². The minimum Gasteiger partial charge on any atom is -0.493 e. The molecule has 0 unspecified atom stereocenters. The van der Waals surface area contributed by atoms with E-state index in [9.17, 15) is 4.39 Å². The Labute approximate surface area is 99.9 Å². The number of ether oxygens (including phenoxy) is 1. The molecule has 1 rings (SSSR count). The lowest BCUT2D eigenvalue weighted by Crippen LogP contribution is -2.33. The summed E-state index contributed by atoms with van der Waals surface area (Å²) in [5, 5.41) is 11.6. The fourth-order valence-electron chi connectivity index (χ4n) is 1.24. The number of benzene rings is 1. The fraction of sp³-hybridized carbons (Fsp3) is 0.417. The predicted molar refractivity (Wildman–Crippen MR) is 63.7 cm³/mol. The second-order valence-electron chi connectivity index (χ2n) is 4.42. The summed E-state index contributed by atoms with van der Waals surface area (Å²) in [5.41, 5.74) is 5.08. The van der Waals surface area contributed by atoms with Crippen LogP contribution in [0.3, 0.4) is 0 Å². The zero-order valence-corrected chi connectivity index (χ0v) is 9.98. The molecule has 17 heavy (non-hydrogen) atoms. The largest absolute Gasteiger partial charge is 0.493 e. The summed E-state index contributed by atoms with van der Waals surface area (Å²) >= 11 is 0. The van der Waals surface area contributed by atoms with Crippen molar-refractivity contribution in [1.29, 1.82) is 0 Å². The Balaban J connectivity index is 2.48. The van der Waals surface area contributed by atoms with Crippen molar-refractivity contribution in [2.75, 3.05) is 6.61 Å². The van der Waals surface area contributed by atoms with E-state index in [1.807, 2.05) is 13.8 Å². The van der Waals surface area contributed by atoms with E-state index < -0.39 is 5.41 Å². The quantitative estimate of drug-likeness (QED) is 0.359. The first kappa shape index (κ1) is 13.3. The third kappa shape index (κ3) is 3.94. The first-order chi connectivity index (χ1) is 7.95. The van der Waals surface area contributed by atoms with Gasteiger partial charge in [-0.3, -0.25) is 0 Å². The number of rotatable bonds is 5. The van der Waals surface area contributed by atoms with E-state index in [2.05, 4.69) is 5.16 Å². The summed E-state index contributed by atoms with van der Waals surface area (Å²) in [6, 6.07) is 5.93. The summed E-state index contributed by atoms with van der Waals surface area (Å²) in [5.74, 6) is 0.291. The van der Waals surface area contributed by atoms with Gasteiger partial charge in [0.25, 0.3) is 0 Å². The van der Waals surface area contributed by atoms with Crippen LogP contribution in [0.4, 0.5) is 4.39 Å². The third-order valence-corrected chi connectivity index (χ3v) is 2.59. The Kier molecular flexibility index (Phi) is 4.31. The summed E-state index contributed by atoms with van der Waals surface area (Å²) in [4.78, 5) is 0. The van der Waals surface area contributed by atoms with Crippen LogP contribution in [0.5, 0.6) is 5.75 Å². The third-order valence-electron chi connectivity index (χ3n) is 2.59. The molecule has 0 aromatic heterocycles. The Morgan fingerprint density at radius 1 is 1.53 bits per heavy atom. The van der Waals surface area contributed by atoms with E-state index in [-0.39, 0.29) is 11.7 Å². The predicted octanol–water partition coefficient (Wildman–Crippen LogP) is 2.37. The van der Waals surface area contributed by atoms with Crippen LogP contribution in [0.2, 0.25) is 0 Å². The number of oxime groups is 1. The molecule has 0 bridgehead atoms. The van der Waals surface area contributed by atoms with Gasteiger partial charge in [0.15, 0.2) is 0 Å². The minimum atomic E-state index is -0.456. The molecule has 0 amide bonds. The molecule has 0 saturated carbocycles. The van der Waals surface area contributed by atoms with Gasteiger partial charge in [-0.05, 0) is 18.6 Å². The van der Waals surface area contributed by atoms with Crippen molar-refractivity contribution in [2.24, 2.45) is 16.3 Å². The normalized spacial score (nSPS) is 12.5. The van der Waals surface area contributed by atoms with Crippen LogP contribution in [-0.2, 0) is 0 Å². The molecule has 0 aliphatic heterocycles. The van der Waals surface area contributed by atoms with Crippen molar-refractivity contribution >= 4 is 5.84 Å². The first-order valence-corrected chi connectivity index (χ1v) is 5.32. The van der Waals surface area contributed by atoms with Gasteiger partial charge in [-0.25, -0.2) is 4.39 Å². The van der Waals surface area contributed by atoms with Crippen LogP contribution in [0.1, 0.15) is 20.3 Å². The highest BCUT2D eigenvalue weighted by atomic mass is 19.1. The Hall–Kier alpha value is -1.78. The van der Waals surface area contributed by atoms with E-state index >= 15 is 0 Å². The summed E-state index contributed by atoms with van der Waals surface area (Å²) in [6.07, 6.45) is 0.569. The highest BCUT2D eigenvalue weighted by Crippen LogP contribution is 2.21. The molecule has 0 spiro atoms. The maximum Gasteiger partial charge on any atom is 0.144 e. The number of hydrogen-bond acceptors (Lipinski definition) is 3. The number of halogens is 1. The van der Waals surface area contributed by atoms with Crippen LogP contribution in [-0.4, -0.2) is 17.6 Å². The molecule has 0 fully saturated rings. The maximum absolute atomic E-state index is 12.9. The van der Waals surface area contributed by atoms with Crippen LogP contribution >= 0.6 is 0 Å². The number of hydrogen-bond donors (Lipinski definition) is 2. The standard InChI is InChI=1S/C12H17FN2O2/c1-12(2,11(14)15-16)6-7-17-10-5-3-4-9(13)8-10/h3-5,8,16H,6-7H2,1-2H3,(H2,14,15). The van der Waals surface area contributed by atoms with Gasteiger partial charge >= 0.3 is 0 Å². The average Bonchev–Trinajstić information content (AvgIpc) is 2.27. The molecule has 94 valence electrons. The van der Waals surface area contributed by atoms with Gasteiger partial charge in [-0.2, -0.15) is 0 Å². The van der Waals surface area contributed by atoms with Crippen LogP contribution in [0, 0.1) is 11.2 Å². The van der Waals surface area contributed by atoms with Gasteiger partial charge in [0.05, 0.1) is 6.61 Å². The van der Waals surface area contributed by atoms with Gasteiger partial charge in [-0.15, -0.1) is 0 Å². The van der Waals surface area contributed by atoms with E-state index in [0.717, 1.165) is 0 Å². The molecule has 4 nitrogen and oxygen atoms in total. The van der Waals surface area contributed by atoms with Gasteiger partial charge < -0.3 is 15.7 Å². The van der Waals surface area contributed by atoms with Gasteiger partial charge in [0.2, 0.25) is 0 Å². The van der Waals surface area contributed by atoms with Crippen LogP contribution in [0.15, 0.2) is 29.4 Å². The average molecular weight is 240 g/mol. The molecular weight excluding hydrogens is 223 g/mol. The molecule has 0 aliphatic carbocycles. The molecule has 3 N–H and O–H groups in total. The SMILES string of the molecule is CC(C)(CCOc1cccc(F)c1)C(N)=NO. The monoisotopic (exact) mass is 240 g/mol. The molecule has 1 aromatic carbocycles. The lowest BCUT2D eigenvalue weighted by atomic mass is 9.88. The Bertz CT molecular complexity index is 405. The van der Waals surface area contributed by atoms with Crippen molar-refractivity contribution < 1.29 is 14.3 Å². The van der Waals surface area contributed by atoms with E-state index in [4.69, 9.17) is 15.7 Å². The van der Waals surface area contributed by atoms with E-state index in [0.29, 0.717) is 18.8 Å². The molecule has 0 aliphatic rings. The second kappa shape index (κ2) is 5.52. The van der Waals surface area contributed by atoms with Crippen molar-refractivity contribution in [3.05, 3.63) is 30.1 Å². The van der Waals surface area contributed by atoms with Crippen molar-refractivity contribution in [3.63, 3.8) is 0 Å². The zero-order valence-electron chi connectivity index (χ0n) is 9.98. The van der Waals surface area contributed by atoms with Crippen molar-refractivity contribution in [2.45, 2.75) is 20.3 Å². The molecule has 0 radical (unpaired) electrons. The summed E-state index contributed by atoms with van der Waals surface area (Å²) in [6.45, 7) is 4.06. The lowest BCUT2D eigenvalue weighted by molar-refractivity contribution is 0.259. The number of amidine groups is 1. The number of nitrogens with zero attached hydrogens (tertiary/aromatic N) is 1. The molecule has 0 atom stereocenters. The maximum atomic E-state index is 12.9. The molecule has 1 aromatic rings. The molecular formula is C12H17FN2O2. The smallest absolute Gasteiger partial charge is 0.144 e.